The Balaban J connectivity index is 1.57. The van der Waals surface area contributed by atoms with Crippen molar-refractivity contribution in [2.75, 3.05) is 57.4 Å². The normalized spacial score (nSPS) is 22.0. The molecule has 6 rings (SSSR count). The number of benzene rings is 3. The van der Waals surface area contributed by atoms with Crippen LogP contribution in [0.15, 0.2) is 84.9 Å². The second-order valence-corrected chi connectivity index (χ2v) is 37.8. The van der Waals surface area contributed by atoms with Gasteiger partial charge in [0.15, 0.2) is 23.8 Å². The zero-order valence-corrected chi connectivity index (χ0v) is 81.2. The van der Waals surface area contributed by atoms with Crippen LogP contribution in [0.1, 0.15) is 167 Å². The van der Waals surface area contributed by atoms with Crippen molar-refractivity contribution in [1.29, 1.82) is 21.6 Å². The van der Waals surface area contributed by atoms with E-state index in [-0.39, 0.29) is 153 Å². The average Bonchev–Trinajstić information content (AvgIpc) is 0.936. The first-order valence-corrected chi connectivity index (χ1v) is 49.0. The van der Waals surface area contributed by atoms with E-state index in [0.717, 1.165) is 38.3 Å². The van der Waals surface area contributed by atoms with Gasteiger partial charge in [0.1, 0.15) is 96.4 Å². The summed E-state index contributed by atoms with van der Waals surface area (Å²) in [6, 6.07) is -2.71. The lowest BCUT2D eigenvalue weighted by Crippen LogP contribution is -2.63. The lowest BCUT2D eigenvalue weighted by molar-refractivity contribution is -0.146. The summed E-state index contributed by atoms with van der Waals surface area (Å²) in [6.07, 6.45) is -1.73. The zero-order valence-electron chi connectivity index (χ0n) is 79.6. The first-order chi connectivity index (χ1) is 66.4. The van der Waals surface area contributed by atoms with Gasteiger partial charge in [-0.25, -0.2) is 0 Å². The topological polar surface area (TPSA) is 787 Å². The van der Waals surface area contributed by atoms with Crippen LogP contribution in [0.2, 0.25) is 0 Å². The van der Waals surface area contributed by atoms with Crippen molar-refractivity contribution in [2.45, 2.75) is 248 Å². The van der Waals surface area contributed by atoms with Gasteiger partial charge in [-0.3, -0.25) is 103 Å². The molecule has 48 nitrogen and oxygen atoms in total. The van der Waals surface area contributed by atoms with E-state index in [4.69, 9.17) is 50.3 Å². The molecule has 0 radical (unpaired) electrons. The average molecular weight is 2000 g/mol. The van der Waals surface area contributed by atoms with Crippen LogP contribution in [-0.4, -0.2) is 297 Å². The summed E-state index contributed by atoms with van der Waals surface area (Å²) in [5.41, 5.74) is 29.1. The molecule has 16 amide bonds. The van der Waals surface area contributed by atoms with Gasteiger partial charge < -0.3 is 144 Å². The summed E-state index contributed by atoms with van der Waals surface area (Å²) in [4.78, 5) is 254. The molecule has 0 aliphatic carbocycles. The number of carbonyl (C=O) groups excluding carboxylic acids is 16. The molecule has 3 aromatic carbocycles. The molecule has 0 bridgehead atoms. The second-order valence-electron chi connectivity index (χ2n) is 35.3. The van der Waals surface area contributed by atoms with E-state index < -0.39 is 251 Å². The van der Waals surface area contributed by atoms with Crippen molar-refractivity contribution in [3.63, 3.8) is 0 Å². The highest BCUT2D eigenvalue weighted by molar-refractivity contribution is 8.76. The number of nitrogens with one attached hydrogen (secondary N) is 21. The summed E-state index contributed by atoms with van der Waals surface area (Å²) in [5.74, 6) is -23.9. The summed E-state index contributed by atoms with van der Waals surface area (Å²) >= 11 is 0. The molecule has 140 heavy (non-hydrogen) atoms. The molecular weight excluding hydrogens is 1860 g/mol. The summed E-state index contributed by atoms with van der Waals surface area (Å²) in [6.45, 7) is 9.40. The number of hydrogen-bond donors (Lipinski definition) is 29. The fourth-order valence-electron chi connectivity index (χ4n) is 16.0. The first kappa shape index (κ1) is 115. The molecule has 0 spiro atoms. The number of nitrogens with two attached hydrogens (primary N) is 5. The summed E-state index contributed by atoms with van der Waals surface area (Å²) < 4.78 is 0. The van der Waals surface area contributed by atoms with Gasteiger partial charge in [-0.05, 0) is 130 Å². The van der Waals surface area contributed by atoms with Crippen LogP contribution in [0.5, 0.6) is 5.75 Å². The molecule has 770 valence electrons. The van der Waals surface area contributed by atoms with Crippen LogP contribution in [0, 0.1) is 39.4 Å². The van der Waals surface area contributed by atoms with Gasteiger partial charge in [-0.15, -0.1) is 0 Å². The number of phenolic OH excluding ortho intramolecular Hbond substituents is 1. The standard InChI is InChI=1S/C90H138N28O20S2/c1-8-49(6)70-83(135)111-62(44-119)78(130)116-71(68(52-21-11-9-12-22-52)53-23-13-10-14-24-53)84(136)110-61(43-67(122)123)85(137)117-39-20-30-66(117)81(133)114-69(48(4)5)82(134)112-63(79(131)107-57(27-17-37-102-89(96)97)74(126)105-55(72(91)124)25-15-35-100-87(92)93)45-139-140-46-64(113-75(127)58(28-18-38-103-90(98)99)106-73(125)56(104-50(7)120)26-16-36-101-88(94)95)86(138)118-40-19-29-65(118)80(132)109-59(41-47(2)3)76(128)108-60(77(129)115-70)42-51-31-33-54(121)34-32-51/h9-14,21-24,31-34,47-49,55-66,68-71,119,121H,8,15-20,25-30,35-46H2,1-7H3,(H2,91,124)(H,104,120)(H,105,126)(H,106,125)(H,107,131)(H,108,128)(H,109,132)(H,110,136)(H,111,135)(H,112,134)(H,113,127)(H,114,133)(H,115,129)(H,116,130)(H,122,123)(H4,92,93,100)(H4,94,95,101)(H4,96,97,102)(H4,98,99,103)/t49-,55-,56-,57-,58-,59-,60-,61-,62-,63-,64-,65-,66-,69-,70-,71-/m0/s1. The molecular formula is C90H138N28O20S2. The third-order valence-corrected chi connectivity index (χ3v) is 25.9. The minimum atomic E-state index is -2.04. The number of aromatic hydroxyl groups is 1. The number of guanidine groups is 4. The number of carboxylic acids is 1. The van der Waals surface area contributed by atoms with Crippen molar-refractivity contribution < 1.29 is 96.8 Å². The van der Waals surface area contributed by atoms with Crippen LogP contribution in [0.4, 0.5) is 0 Å². The van der Waals surface area contributed by atoms with E-state index in [2.05, 4.69) is 90.4 Å². The SMILES string of the molecule is CC[C@H](C)[C@@H]1NC(=O)[C@H](Cc2ccc(O)cc2)NC(=O)[C@H](CC(C)C)NC(=O)[C@@H]2CCCN2C(=O)[C@@H](NC(=O)[C@H](CCCNC(=N)N)NC(=O)[C@H](CCCNC(=N)N)NC(C)=O)CSSC[C@@H](C(=O)N[C@@H](CCCNC(=N)N)C(=O)N[C@@H](CCCNC(=N)N)C(N)=O)NC(=O)[C@H](C(C)C)NC(=O)[C@@H]2CCCN2C(=O)[C@H](CC(=O)O)NC(=O)[C@H](C(c2ccccc2)c2ccccc2)NC(=O)[C@H](CO)NC1=O. The van der Waals surface area contributed by atoms with Crippen molar-refractivity contribution >= 4 is 146 Å². The second kappa shape index (κ2) is 58.2. The zero-order chi connectivity index (χ0) is 104. The van der Waals surface area contributed by atoms with Gasteiger partial charge >= 0.3 is 5.97 Å². The smallest absolute Gasteiger partial charge is 0.305 e. The molecule has 3 aromatic rings. The largest absolute Gasteiger partial charge is 0.508 e. The van der Waals surface area contributed by atoms with E-state index in [0.29, 0.717) is 16.7 Å². The van der Waals surface area contributed by atoms with Gasteiger partial charge in [0.25, 0.3) is 0 Å². The van der Waals surface area contributed by atoms with Crippen LogP contribution in [0.3, 0.4) is 0 Å². The van der Waals surface area contributed by atoms with Crippen molar-refractivity contribution in [2.24, 2.45) is 46.4 Å². The predicted molar refractivity (Wildman–Crippen MR) is 521 cm³/mol. The fourth-order valence-corrected chi connectivity index (χ4v) is 18.3. The molecule has 16 atom stereocenters. The Kier molecular flexibility index (Phi) is 47.7. The molecule has 50 heteroatoms. The Morgan fingerprint density at radius 1 is 0.479 bits per heavy atom. The van der Waals surface area contributed by atoms with E-state index in [1.807, 2.05) is 0 Å². The molecule has 3 heterocycles. The van der Waals surface area contributed by atoms with Crippen LogP contribution < -0.4 is 119 Å². The predicted octanol–water partition coefficient (Wildman–Crippen LogP) is -4.78. The van der Waals surface area contributed by atoms with E-state index in [9.17, 15) is 39.3 Å². The number of carboxylic acid groups (broad SMARTS) is 1. The maximum Gasteiger partial charge on any atom is 0.305 e. The third-order valence-electron chi connectivity index (χ3n) is 23.5. The van der Waals surface area contributed by atoms with Crippen molar-refractivity contribution in [1.82, 2.24) is 100 Å². The van der Waals surface area contributed by atoms with Crippen LogP contribution >= 0.6 is 21.6 Å². The Hall–Kier alpha value is -13.8. The number of fused-ring (bicyclic) bond motifs is 2. The first-order valence-electron chi connectivity index (χ1n) is 46.5. The quantitative estimate of drug-likeness (QED) is 0.0110. The number of phenols is 1. The highest BCUT2D eigenvalue weighted by atomic mass is 33.1. The monoisotopic (exact) mass is 2000 g/mol. The van der Waals surface area contributed by atoms with E-state index >= 15 is 57.5 Å². The maximum atomic E-state index is 15.9. The van der Waals surface area contributed by atoms with Gasteiger partial charge in [-0.1, -0.05) is 142 Å². The molecule has 3 aliphatic heterocycles. The number of aliphatic carboxylic acids is 1. The number of rotatable bonds is 39. The molecule has 0 aromatic heterocycles. The minimum absolute atomic E-state index is 0.00280. The van der Waals surface area contributed by atoms with Crippen molar-refractivity contribution in [3.8, 4) is 5.75 Å². The Labute approximate surface area is 819 Å². The highest BCUT2D eigenvalue weighted by Crippen LogP contribution is 2.32. The van der Waals surface area contributed by atoms with Crippen molar-refractivity contribution in [3.05, 3.63) is 102 Å². The number of aliphatic hydroxyl groups excluding tert-OH is 1. The molecule has 3 aliphatic rings. The number of aliphatic hydroxyl groups is 1. The number of nitrogens with zero attached hydrogens (tertiary/aromatic N) is 2. The van der Waals surface area contributed by atoms with E-state index in [1.54, 1.807) is 88.4 Å². The number of amides is 16. The summed E-state index contributed by atoms with van der Waals surface area (Å²) in [5, 5.41) is 108. The Bertz CT molecular complexity index is 4760. The summed E-state index contributed by atoms with van der Waals surface area (Å²) in [7, 11) is 1.61. The highest BCUT2D eigenvalue weighted by Gasteiger charge is 2.46. The fraction of sp³-hybridized carbons (Fsp3) is 0.567. The molecule has 0 unspecified atom stereocenters. The number of hydrogen-bond acceptors (Lipinski definition) is 25. The minimum Gasteiger partial charge on any atom is -0.508 e. The van der Waals surface area contributed by atoms with E-state index in [1.165, 1.54) is 38.1 Å². The lowest BCUT2D eigenvalue weighted by Gasteiger charge is -2.33. The van der Waals surface area contributed by atoms with Crippen LogP contribution in [0.25, 0.3) is 0 Å². The van der Waals surface area contributed by atoms with Gasteiger partial charge in [0.2, 0.25) is 94.5 Å². The Morgan fingerprint density at radius 3 is 1.38 bits per heavy atom. The molecule has 3 saturated heterocycles. The van der Waals surface area contributed by atoms with Gasteiger partial charge in [0.05, 0.1) is 13.0 Å². The van der Waals surface area contributed by atoms with Gasteiger partial charge in [0, 0.05) is 70.0 Å². The number of primary amides is 1. The van der Waals surface area contributed by atoms with Crippen LogP contribution in [-0.2, 0) is 87.9 Å². The third kappa shape index (κ3) is 37.8. The van der Waals surface area contributed by atoms with Gasteiger partial charge in [-0.2, -0.15) is 0 Å². The molecule has 0 saturated carbocycles. The molecule has 34 N–H and O–H groups in total. The maximum absolute atomic E-state index is 15.9. The Morgan fingerprint density at radius 2 is 0.900 bits per heavy atom. The molecule has 3 fully saturated rings. The lowest BCUT2D eigenvalue weighted by atomic mass is 9.84. The number of carbonyl (C=O) groups is 17.